The lowest BCUT2D eigenvalue weighted by Gasteiger charge is -1.93. The van der Waals surface area contributed by atoms with Crippen molar-refractivity contribution in [1.82, 2.24) is 25.6 Å². The zero-order valence-corrected chi connectivity index (χ0v) is 9.03. The Balaban J connectivity index is 2.01. The van der Waals surface area contributed by atoms with E-state index in [9.17, 15) is 0 Å². The summed E-state index contributed by atoms with van der Waals surface area (Å²) < 4.78 is 5.12. The largest absolute Gasteiger partial charge is 0.334 e. The van der Waals surface area contributed by atoms with Crippen LogP contribution in [0.4, 0.5) is 0 Å². The maximum absolute atomic E-state index is 8.83. The van der Waals surface area contributed by atoms with Gasteiger partial charge in [0.25, 0.3) is 5.89 Å². The molecule has 0 atom stereocenters. The van der Waals surface area contributed by atoms with E-state index in [4.69, 9.17) is 9.78 Å². The van der Waals surface area contributed by atoms with E-state index in [1.54, 1.807) is 24.3 Å². The Bertz CT molecular complexity index is 709. The Morgan fingerprint density at radius 2 is 2.28 bits per heavy atom. The third kappa shape index (κ3) is 1.72. The monoisotopic (exact) mass is 238 g/mol. The van der Waals surface area contributed by atoms with Crippen molar-refractivity contribution in [2.24, 2.45) is 0 Å². The fourth-order valence-corrected chi connectivity index (χ4v) is 1.48. The van der Waals surface area contributed by atoms with Crippen LogP contribution in [0, 0.1) is 11.3 Å². The number of nitrogens with zero attached hydrogens (tertiary/aromatic N) is 5. The maximum Gasteiger partial charge on any atom is 0.258 e. The zero-order valence-electron chi connectivity index (χ0n) is 9.03. The quantitative estimate of drug-likeness (QED) is 0.723. The van der Waals surface area contributed by atoms with E-state index in [2.05, 4.69) is 31.6 Å². The molecular weight excluding hydrogens is 232 g/mol. The summed E-state index contributed by atoms with van der Waals surface area (Å²) in [6.07, 6.45) is 1.50. The third-order valence-corrected chi connectivity index (χ3v) is 2.31. The number of H-pyrrole nitrogens is 1. The second-order valence-corrected chi connectivity index (χ2v) is 3.47. The van der Waals surface area contributed by atoms with Gasteiger partial charge in [0.05, 0.1) is 17.8 Å². The fraction of sp³-hybridized carbons (Fsp3) is 0. The predicted octanol–water partition coefficient (Wildman–Crippen LogP) is 1.39. The van der Waals surface area contributed by atoms with Gasteiger partial charge in [0, 0.05) is 5.56 Å². The van der Waals surface area contributed by atoms with E-state index in [0.717, 1.165) is 0 Å². The standard InChI is InChI=1S/C11H6N6O/c12-5-7-2-1-3-8(4-7)11-14-10(16-18-11)9-6-13-17-15-9/h1-4,6H,(H,13,15,17). The Morgan fingerprint density at radius 1 is 1.33 bits per heavy atom. The smallest absolute Gasteiger partial charge is 0.258 e. The van der Waals surface area contributed by atoms with Crippen LogP contribution in [-0.2, 0) is 0 Å². The molecule has 0 bridgehead atoms. The van der Waals surface area contributed by atoms with Crippen LogP contribution in [0.1, 0.15) is 5.56 Å². The summed E-state index contributed by atoms with van der Waals surface area (Å²) in [5.41, 5.74) is 1.73. The summed E-state index contributed by atoms with van der Waals surface area (Å²) in [4.78, 5) is 4.19. The van der Waals surface area contributed by atoms with Crippen molar-refractivity contribution in [3.8, 4) is 29.0 Å². The molecule has 0 saturated heterocycles. The molecule has 3 rings (SSSR count). The molecule has 0 fully saturated rings. The molecule has 0 aliphatic rings. The lowest BCUT2D eigenvalue weighted by atomic mass is 10.1. The first kappa shape index (κ1) is 10.2. The molecule has 0 radical (unpaired) electrons. The molecule has 0 aliphatic carbocycles. The normalized spacial score (nSPS) is 10.2. The average Bonchev–Trinajstić information content (AvgIpc) is 3.09. The van der Waals surface area contributed by atoms with Gasteiger partial charge in [-0.1, -0.05) is 11.2 Å². The highest BCUT2D eigenvalue weighted by atomic mass is 16.5. The van der Waals surface area contributed by atoms with Crippen LogP contribution in [0.2, 0.25) is 0 Å². The first-order chi connectivity index (χ1) is 8.86. The number of aromatic nitrogens is 5. The number of hydrogen-bond acceptors (Lipinski definition) is 6. The van der Waals surface area contributed by atoms with Gasteiger partial charge in [-0.3, -0.25) is 0 Å². The Kier molecular flexibility index (Phi) is 2.32. The third-order valence-electron chi connectivity index (χ3n) is 2.31. The van der Waals surface area contributed by atoms with E-state index in [1.165, 1.54) is 6.20 Å². The lowest BCUT2D eigenvalue weighted by molar-refractivity contribution is 0.432. The Morgan fingerprint density at radius 3 is 3.06 bits per heavy atom. The van der Waals surface area contributed by atoms with E-state index in [1.807, 2.05) is 0 Å². The summed E-state index contributed by atoms with van der Waals surface area (Å²) >= 11 is 0. The number of aromatic amines is 1. The van der Waals surface area contributed by atoms with Gasteiger partial charge in [-0.15, -0.1) is 0 Å². The van der Waals surface area contributed by atoms with Crippen molar-refractivity contribution in [2.75, 3.05) is 0 Å². The van der Waals surface area contributed by atoms with Gasteiger partial charge in [0.15, 0.2) is 5.69 Å². The molecule has 18 heavy (non-hydrogen) atoms. The highest BCUT2D eigenvalue weighted by Gasteiger charge is 2.12. The van der Waals surface area contributed by atoms with Crippen LogP contribution in [0.5, 0.6) is 0 Å². The first-order valence-corrected chi connectivity index (χ1v) is 5.07. The van der Waals surface area contributed by atoms with Crippen molar-refractivity contribution < 1.29 is 4.52 Å². The van der Waals surface area contributed by atoms with Crippen molar-refractivity contribution in [1.29, 1.82) is 5.26 Å². The summed E-state index contributed by atoms with van der Waals surface area (Å²) in [7, 11) is 0. The molecule has 1 aromatic carbocycles. The average molecular weight is 238 g/mol. The molecule has 0 saturated carbocycles. The van der Waals surface area contributed by atoms with E-state index in [-0.39, 0.29) is 0 Å². The van der Waals surface area contributed by atoms with Gasteiger partial charge < -0.3 is 4.52 Å². The molecule has 0 spiro atoms. The second-order valence-electron chi connectivity index (χ2n) is 3.47. The van der Waals surface area contributed by atoms with Gasteiger partial charge >= 0.3 is 0 Å². The topological polar surface area (TPSA) is 104 Å². The number of rotatable bonds is 2. The van der Waals surface area contributed by atoms with Crippen LogP contribution in [0.15, 0.2) is 35.0 Å². The number of hydrogen-bond donors (Lipinski definition) is 1. The molecule has 86 valence electrons. The summed E-state index contributed by atoms with van der Waals surface area (Å²) in [6.45, 7) is 0. The molecular formula is C11H6N6O. The minimum absolute atomic E-state index is 0.338. The van der Waals surface area contributed by atoms with Crippen molar-refractivity contribution >= 4 is 0 Å². The fourth-order valence-electron chi connectivity index (χ4n) is 1.48. The van der Waals surface area contributed by atoms with Gasteiger partial charge in [0.1, 0.15) is 0 Å². The molecule has 0 amide bonds. The van der Waals surface area contributed by atoms with Crippen LogP contribution < -0.4 is 0 Å². The minimum Gasteiger partial charge on any atom is -0.334 e. The van der Waals surface area contributed by atoms with Crippen molar-refractivity contribution in [3.05, 3.63) is 36.0 Å². The first-order valence-electron chi connectivity index (χ1n) is 5.07. The Hall–Kier alpha value is -3.01. The minimum atomic E-state index is 0.338. The molecule has 0 aliphatic heterocycles. The van der Waals surface area contributed by atoms with Crippen molar-refractivity contribution in [3.63, 3.8) is 0 Å². The van der Waals surface area contributed by atoms with Gasteiger partial charge in [-0.05, 0) is 18.2 Å². The molecule has 7 heteroatoms. The molecule has 7 nitrogen and oxygen atoms in total. The van der Waals surface area contributed by atoms with Crippen molar-refractivity contribution in [2.45, 2.75) is 0 Å². The second kappa shape index (κ2) is 4.10. The molecule has 3 aromatic rings. The van der Waals surface area contributed by atoms with Crippen LogP contribution in [0.25, 0.3) is 23.0 Å². The highest BCUT2D eigenvalue weighted by Crippen LogP contribution is 2.21. The number of benzene rings is 1. The SMILES string of the molecule is N#Cc1cccc(-c2nc(-c3cn[nH]n3)no2)c1. The molecule has 1 N–H and O–H groups in total. The van der Waals surface area contributed by atoms with E-state index < -0.39 is 0 Å². The molecule has 2 heterocycles. The van der Waals surface area contributed by atoms with Gasteiger partial charge in [-0.2, -0.15) is 25.7 Å². The van der Waals surface area contributed by atoms with Gasteiger partial charge in [0.2, 0.25) is 5.82 Å². The summed E-state index contributed by atoms with van der Waals surface area (Å²) in [6, 6.07) is 8.99. The van der Waals surface area contributed by atoms with E-state index in [0.29, 0.717) is 28.5 Å². The summed E-state index contributed by atoms with van der Waals surface area (Å²) in [5, 5.41) is 22.6. The maximum atomic E-state index is 8.83. The number of nitriles is 1. The van der Waals surface area contributed by atoms with Crippen LogP contribution in [0.3, 0.4) is 0 Å². The summed E-state index contributed by atoms with van der Waals surface area (Å²) in [5.74, 6) is 0.686. The molecule has 2 aromatic heterocycles. The predicted molar refractivity (Wildman–Crippen MR) is 59.8 cm³/mol. The van der Waals surface area contributed by atoms with Gasteiger partial charge in [-0.25, -0.2) is 0 Å². The number of nitrogens with one attached hydrogen (secondary N) is 1. The lowest BCUT2D eigenvalue weighted by Crippen LogP contribution is -1.82. The van der Waals surface area contributed by atoms with Crippen LogP contribution >= 0.6 is 0 Å². The van der Waals surface area contributed by atoms with Crippen LogP contribution in [-0.4, -0.2) is 25.6 Å². The highest BCUT2D eigenvalue weighted by molar-refractivity contribution is 5.58. The van der Waals surface area contributed by atoms with E-state index >= 15 is 0 Å². The molecule has 0 unspecified atom stereocenters. The zero-order chi connectivity index (χ0) is 12.4. The Labute approximate surface area is 101 Å².